The average Bonchev–Trinajstić information content (AvgIpc) is 2.47. The number of carbonyl (C=O) groups is 1. The summed E-state index contributed by atoms with van der Waals surface area (Å²) in [7, 11) is 1.62. The highest BCUT2D eigenvalue weighted by molar-refractivity contribution is 5.95. The second kappa shape index (κ2) is 8.46. The molecule has 1 unspecified atom stereocenters. The van der Waals surface area contributed by atoms with E-state index in [1.54, 1.807) is 19.2 Å². The summed E-state index contributed by atoms with van der Waals surface area (Å²) in [6.07, 6.45) is 4.92. The number of hydrogen-bond acceptors (Lipinski definition) is 3. The number of nitrogen functional groups attached to an aromatic ring is 1. The van der Waals surface area contributed by atoms with Gasteiger partial charge in [0.1, 0.15) is 0 Å². The molecule has 112 valence electrons. The molecule has 0 bridgehead atoms. The molecule has 1 aromatic rings. The fourth-order valence-electron chi connectivity index (χ4n) is 2.21. The maximum absolute atomic E-state index is 11.5. The number of unbranched alkanes of at least 4 members (excludes halogenated alkanes) is 1. The molecule has 1 rings (SSSR count). The van der Waals surface area contributed by atoms with Gasteiger partial charge in [-0.1, -0.05) is 33.1 Å². The third-order valence-electron chi connectivity index (χ3n) is 3.67. The van der Waals surface area contributed by atoms with Crippen LogP contribution in [0, 0.1) is 5.92 Å². The SMILES string of the molecule is CCCCC(CC)CNc1ccc(C(=O)NC)cc1N. The Morgan fingerprint density at radius 3 is 2.65 bits per heavy atom. The Morgan fingerprint density at radius 2 is 2.10 bits per heavy atom. The summed E-state index contributed by atoms with van der Waals surface area (Å²) in [6.45, 7) is 5.37. The normalized spacial score (nSPS) is 11.9. The number of hydrogen-bond donors (Lipinski definition) is 3. The van der Waals surface area contributed by atoms with E-state index >= 15 is 0 Å². The molecule has 20 heavy (non-hydrogen) atoms. The molecular weight excluding hydrogens is 250 g/mol. The van der Waals surface area contributed by atoms with E-state index in [1.807, 2.05) is 6.07 Å². The predicted molar refractivity (Wildman–Crippen MR) is 86.0 cm³/mol. The molecule has 4 heteroatoms. The quantitative estimate of drug-likeness (QED) is 0.639. The first-order valence-corrected chi connectivity index (χ1v) is 7.47. The summed E-state index contributed by atoms with van der Waals surface area (Å²) >= 11 is 0. The van der Waals surface area contributed by atoms with Crippen LogP contribution in [0.2, 0.25) is 0 Å². The predicted octanol–water partition coefficient (Wildman–Crippen LogP) is 3.26. The van der Waals surface area contributed by atoms with E-state index in [4.69, 9.17) is 5.73 Å². The average molecular weight is 277 g/mol. The highest BCUT2D eigenvalue weighted by Gasteiger charge is 2.09. The van der Waals surface area contributed by atoms with E-state index in [0.717, 1.165) is 12.2 Å². The Labute approximate surface area is 122 Å². The minimum Gasteiger partial charge on any atom is -0.397 e. The van der Waals surface area contributed by atoms with Crippen LogP contribution in [0.15, 0.2) is 18.2 Å². The molecule has 0 aromatic heterocycles. The molecule has 0 aliphatic carbocycles. The van der Waals surface area contributed by atoms with Gasteiger partial charge in [-0.15, -0.1) is 0 Å². The second-order valence-corrected chi connectivity index (χ2v) is 5.18. The molecule has 0 radical (unpaired) electrons. The number of anilines is 2. The zero-order valence-corrected chi connectivity index (χ0v) is 12.8. The van der Waals surface area contributed by atoms with E-state index in [1.165, 1.54) is 25.7 Å². The molecule has 0 saturated carbocycles. The lowest BCUT2D eigenvalue weighted by Gasteiger charge is -2.17. The summed E-state index contributed by atoms with van der Waals surface area (Å²) in [5.41, 5.74) is 8.12. The number of amides is 1. The molecule has 0 aliphatic heterocycles. The van der Waals surface area contributed by atoms with Crippen molar-refractivity contribution in [1.29, 1.82) is 0 Å². The lowest BCUT2D eigenvalue weighted by atomic mass is 9.99. The first-order valence-electron chi connectivity index (χ1n) is 7.47. The number of rotatable bonds is 8. The van der Waals surface area contributed by atoms with Crippen LogP contribution in [0.3, 0.4) is 0 Å². The summed E-state index contributed by atoms with van der Waals surface area (Å²) in [6, 6.07) is 5.39. The molecule has 0 heterocycles. The van der Waals surface area contributed by atoms with Crippen LogP contribution in [0.4, 0.5) is 11.4 Å². The Morgan fingerprint density at radius 1 is 1.35 bits per heavy atom. The first kappa shape index (κ1) is 16.3. The van der Waals surface area contributed by atoms with Crippen molar-refractivity contribution < 1.29 is 4.79 Å². The van der Waals surface area contributed by atoms with Gasteiger partial charge in [0.25, 0.3) is 5.91 Å². The number of nitrogens with one attached hydrogen (secondary N) is 2. The van der Waals surface area contributed by atoms with Crippen LogP contribution < -0.4 is 16.4 Å². The van der Waals surface area contributed by atoms with Crippen molar-refractivity contribution in [3.05, 3.63) is 23.8 Å². The van der Waals surface area contributed by atoms with E-state index in [-0.39, 0.29) is 5.91 Å². The van der Waals surface area contributed by atoms with Gasteiger partial charge in [-0.2, -0.15) is 0 Å². The van der Waals surface area contributed by atoms with Gasteiger partial charge in [-0.3, -0.25) is 4.79 Å². The van der Waals surface area contributed by atoms with E-state index < -0.39 is 0 Å². The minimum atomic E-state index is -0.113. The number of carbonyl (C=O) groups excluding carboxylic acids is 1. The van der Waals surface area contributed by atoms with Gasteiger partial charge in [0.15, 0.2) is 0 Å². The lowest BCUT2D eigenvalue weighted by Crippen LogP contribution is -2.18. The van der Waals surface area contributed by atoms with E-state index in [2.05, 4.69) is 24.5 Å². The summed E-state index contributed by atoms with van der Waals surface area (Å²) in [5, 5.41) is 6.00. The Bertz CT molecular complexity index is 432. The van der Waals surface area contributed by atoms with Crippen molar-refractivity contribution in [1.82, 2.24) is 5.32 Å². The minimum absolute atomic E-state index is 0.113. The molecule has 0 aliphatic rings. The van der Waals surface area contributed by atoms with Crippen LogP contribution in [0.5, 0.6) is 0 Å². The van der Waals surface area contributed by atoms with Crippen LogP contribution in [-0.4, -0.2) is 19.5 Å². The molecule has 1 aromatic carbocycles. The smallest absolute Gasteiger partial charge is 0.251 e. The van der Waals surface area contributed by atoms with Gasteiger partial charge in [0, 0.05) is 19.2 Å². The molecule has 1 amide bonds. The van der Waals surface area contributed by atoms with Gasteiger partial charge >= 0.3 is 0 Å². The molecular formula is C16H27N3O. The third kappa shape index (κ3) is 4.76. The van der Waals surface area contributed by atoms with Crippen molar-refractivity contribution in [2.24, 2.45) is 5.92 Å². The highest BCUT2D eigenvalue weighted by Crippen LogP contribution is 2.21. The summed E-state index contributed by atoms with van der Waals surface area (Å²) in [5.74, 6) is 0.561. The molecule has 0 saturated heterocycles. The van der Waals surface area contributed by atoms with Crippen LogP contribution in [0.25, 0.3) is 0 Å². The second-order valence-electron chi connectivity index (χ2n) is 5.18. The molecule has 4 nitrogen and oxygen atoms in total. The standard InChI is InChI=1S/C16H27N3O/c1-4-6-7-12(5-2)11-19-15-9-8-13(10-14(15)17)16(20)18-3/h8-10,12,19H,4-7,11,17H2,1-3H3,(H,18,20). The zero-order chi connectivity index (χ0) is 15.0. The van der Waals surface area contributed by atoms with Gasteiger partial charge < -0.3 is 16.4 Å². The lowest BCUT2D eigenvalue weighted by molar-refractivity contribution is 0.0963. The van der Waals surface area contributed by atoms with Crippen LogP contribution in [0.1, 0.15) is 49.9 Å². The van der Waals surface area contributed by atoms with E-state index in [0.29, 0.717) is 17.2 Å². The number of benzene rings is 1. The third-order valence-corrected chi connectivity index (χ3v) is 3.67. The largest absolute Gasteiger partial charge is 0.397 e. The van der Waals surface area contributed by atoms with Gasteiger partial charge in [0.05, 0.1) is 11.4 Å². The zero-order valence-electron chi connectivity index (χ0n) is 12.8. The van der Waals surface area contributed by atoms with Crippen LogP contribution in [-0.2, 0) is 0 Å². The monoisotopic (exact) mass is 277 g/mol. The molecule has 4 N–H and O–H groups in total. The van der Waals surface area contributed by atoms with Crippen LogP contribution >= 0.6 is 0 Å². The summed E-state index contributed by atoms with van der Waals surface area (Å²) < 4.78 is 0. The Kier molecular flexibility index (Phi) is 6.91. The fraction of sp³-hybridized carbons (Fsp3) is 0.562. The van der Waals surface area contributed by atoms with Crippen molar-refractivity contribution in [2.45, 2.75) is 39.5 Å². The topological polar surface area (TPSA) is 67.2 Å². The first-order chi connectivity index (χ1) is 9.62. The molecule has 0 spiro atoms. The van der Waals surface area contributed by atoms with Gasteiger partial charge in [-0.25, -0.2) is 0 Å². The summed E-state index contributed by atoms with van der Waals surface area (Å²) in [4.78, 5) is 11.5. The van der Waals surface area contributed by atoms with Gasteiger partial charge in [-0.05, 0) is 30.5 Å². The fourth-order valence-corrected chi connectivity index (χ4v) is 2.21. The highest BCUT2D eigenvalue weighted by atomic mass is 16.1. The van der Waals surface area contributed by atoms with Gasteiger partial charge in [0.2, 0.25) is 0 Å². The Balaban J connectivity index is 2.61. The van der Waals surface area contributed by atoms with E-state index in [9.17, 15) is 4.79 Å². The van der Waals surface area contributed by atoms with Crippen molar-refractivity contribution in [3.63, 3.8) is 0 Å². The van der Waals surface area contributed by atoms with Crippen molar-refractivity contribution in [3.8, 4) is 0 Å². The maximum atomic E-state index is 11.5. The maximum Gasteiger partial charge on any atom is 0.251 e. The van der Waals surface area contributed by atoms with Crippen molar-refractivity contribution >= 4 is 17.3 Å². The van der Waals surface area contributed by atoms with Crippen molar-refractivity contribution in [2.75, 3.05) is 24.6 Å². The Hall–Kier alpha value is -1.71. The molecule has 0 fully saturated rings. The molecule has 1 atom stereocenters. The number of nitrogens with two attached hydrogens (primary N) is 1.